The normalized spacial score (nSPS) is 18.7. The number of rotatable bonds is 3. The molecule has 0 saturated heterocycles. The second kappa shape index (κ2) is 5.64. The summed E-state index contributed by atoms with van der Waals surface area (Å²) < 4.78 is 26.3. The summed E-state index contributed by atoms with van der Waals surface area (Å²) in [7, 11) is 0. The van der Waals surface area contributed by atoms with Crippen molar-refractivity contribution in [1.29, 1.82) is 0 Å². The summed E-state index contributed by atoms with van der Waals surface area (Å²) in [5.41, 5.74) is 3.09. The van der Waals surface area contributed by atoms with Gasteiger partial charge in [0.25, 0.3) is 0 Å². The highest BCUT2D eigenvalue weighted by atomic mass is 35.5. The molecule has 1 nitrogen and oxygen atoms in total. The molecule has 0 fully saturated rings. The predicted octanol–water partition coefficient (Wildman–Crippen LogP) is 4.70. The molecule has 21 heavy (non-hydrogen) atoms. The van der Waals surface area contributed by atoms with Crippen LogP contribution in [0, 0.1) is 11.6 Å². The Kier molecular flexibility index (Phi) is 3.85. The van der Waals surface area contributed by atoms with Gasteiger partial charge in [0.1, 0.15) is 0 Å². The maximum Gasteiger partial charge on any atom is 0.159 e. The van der Waals surface area contributed by atoms with Gasteiger partial charge < -0.3 is 4.90 Å². The summed E-state index contributed by atoms with van der Waals surface area (Å²) in [6, 6.07) is 12.4. The predicted molar refractivity (Wildman–Crippen MR) is 81.9 cm³/mol. The lowest BCUT2D eigenvalue weighted by molar-refractivity contribution is 0.506. The minimum absolute atomic E-state index is 0.356. The van der Waals surface area contributed by atoms with Gasteiger partial charge in [0, 0.05) is 18.3 Å². The van der Waals surface area contributed by atoms with Crippen molar-refractivity contribution in [1.82, 2.24) is 0 Å². The van der Waals surface area contributed by atoms with Crippen LogP contribution in [-0.2, 0) is 6.42 Å². The van der Waals surface area contributed by atoms with Gasteiger partial charge in [-0.3, -0.25) is 0 Å². The van der Waals surface area contributed by atoms with Gasteiger partial charge in [-0.25, -0.2) is 8.78 Å². The number of halogens is 3. The van der Waals surface area contributed by atoms with E-state index in [4.69, 9.17) is 11.6 Å². The Hall–Kier alpha value is -1.61. The molecule has 0 saturated carbocycles. The molecule has 0 radical (unpaired) electrons. The van der Waals surface area contributed by atoms with Gasteiger partial charge in [-0.05, 0) is 42.7 Å². The third kappa shape index (κ3) is 2.75. The van der Waals surface area contributed by atoms with Gasteiger partial charge in [0.15, 0.2) is 11.6 Å². The smallest absolute Gasteiger partial charge is 0.159 e. The first-order valence-electron chi connectivity index (χ1n) is 7.00. The molecular formula is C17H16ClF2N. The molecule has 2 aromatic carbocycles. The largest absolute Gasteiger partial charge is 0.366 e. The van der Waals surface area contributed by atoms with Crippen LogP contribution in [0.5, 0.6) is 0 Å². The number of benzene rings is 2. The number of hydrogen-bond acceptors (Lipinski definition) is 1. The molecule has 2 unspecified atom stereocenters. The lowest BCUT2D eigenvalue weighted by atomic mass is 10.1. The lowest BCUT2D eigenvalue weighted by Crippen LogP contribution is -2.32. The van der Waals surface area contributed by atoms with Gasteiger partial charge >= 0.3 is 0 Å². The molecule has 2 aromatic rings. The van der Waals surface area contributed by atoms with Crippen molar-refractivity contribution in [2.45, 2.75) is 24.8 Å². The molecule has 1 aliphatic rings. The number of alkyl halides is 1. The minimum Gasteiger partial charge on any atom is -0.366 e. The summed E-state index contributed by atoms with van der Waals surface area (Å²) in [4.78, 5) is 2.23. The molecule has 0 amide bonds. The zero-order chi connectivity index (χ0) is 15.0. The molecule has 0 spiro atoms. The van der Waals surface area contributed by atoms with E-state index < -0.39 is 11.6 Å². The molecule has 1 aliphatic heterocycles. The van der Waals surface area contributed by atoms with Gasteiger partial charge in [0.05, 0.1) is 5.38 Å². The Balaban J connectivity index is 1.81. The van der Waals surface area contributed by atoms with Crippen molar-refractivity contribution in [3.8, 4) is 0 Å². The highest BCUT2D eigenvalue weighted by Gasteiger charge is 2.27. The number of hydrogen-bond donors (Lipinski definition) is 0. The quantitative estimate of drug-likeness (QED) is 0.743. The van der Waals surface area contributed by atoms with Crippen LogP contribution >= 0.6 is 11.6 Å². The average molecular weight is 308 g/mol. The molecule has 0 aromatic heterocycles. The Morgan fingerprint density at radius 3 is 2.71 bits per heavy atom. The second-order valence-corrected chi connectivity index (χ2v) is 6.00. The van der Waals surface area contributed by atoms with Gasteiger partial charge in [0.2, 0.25) is 0 Å². The zero-order valence-corrected chi connectivity index (χ0v) is 12.4. The van der Waals surface area contributed by atoms with Crippen molar-refractivity contribution in [2.75, 3.05) is 11.4 Å². The summed E-state index contributed by atoms with van der Waals surface area (Å²) in [5, 5.41) is -0.381. The number of para-hydroxylation sites is 1. The first-order valence-corrected chi connectivity index (χ1v) is 7.43. The van der Waals surface area contributed by atoms with E-state index in [0.717, 1.165) is 12.5 Å². The van der Waals surface area contributed by atoms with Crippen LogP contribution in [0.3, 0.4) is 0 Å². The van der Waals surface area contributed by atoms with Gasteiger partial charge in [-0.2, -0.15) is 0 Å². The molecule has 0 N–H and O–H groups in total. The fraction of sp³-hybridized carbons (Fsp3) is 0.294. The van der Waals surface area contributed by atoms with E-state index in [1.807, 2.05) is 12.1 Å². The first-order chi connectivity index (χ1) is 10.1. The van der Waals surface area contributed by atoms with Crippen LogP contribution in [0.25, 0.3) is 0 Å². The Bertz CT molecular complexity index is 659. The lowest BCUT2D eigenvalue weighted by Gasteiger charge is -2.27. The highest BCUT2D eigenvalue weighted by molar-refractivity contribution is 6.21. The maximum atomic E-state index is 13.3. The molecular weight excluding hydrogens is 292 g/mol. The number of nitrogens with zero attached hydrogens (tertiary/aromatic N) is 1. The highest BCUT2D eigenvalue weighted by Crippen LogP contribution is 2.35. The van der Waals surface area contributed by atoms with Crippen molar-refractivity contribution < 1.29 is 8.78 Å². The minimum atomic E-state index is -0.854. The topological polar surface area (TPSA) is 3.24 Å². The molecule has 1 heterocycles. The SMILES string of the molecule is CC1Cc2ccccc2N1CC(Cl)c1ccc(F)c(F)c1. The monoisotopic (exact) mass is 307 g/mol. The van der Waals surface area contributed by atoms with Crippen LogP contribution in [0.1, 0.15) is 23.4 Å². The summed E-state index contributed by atoms with van der Waals surface area (Å²) >= 11 is 6.41. The summed E-state index contributed by atoms with van der Waals surface area (Å²) in [6.45, 7) is 2.72. The van der Waals surface area contributed by atoms with Crippen LogP contribution in [0.2, 0.25) is 0 Å². The standard InChI is InChI=1S/C17H16ClF2N/c1-11-8-13-4-2-3-5-17(13)21(11)10-14(18)12-6-7-15(19)16(20)9-12/h2-7,9,11,14H,8,10H2,1H3. The van der Waals surface area contributed by atoms with E-state index in [2.05, 4.69) is 24.0 Å². The third-order valence-corrected chi connectivity index (χ3v) is 4.40. The van der Waals surface area contributed by atoms with Gasteiger partial charge in [-0.1, -0.05) is 24.3 Å². The van der Waals surface area contributed by atoms with E-state index >= 15 is 0 Å². The molecule has 0 bridgehead atoms. The zero-order valence-electron chi connectivity index (χ0n) is 11.7. The van der Waals surface area contributed by atoms with Crippen LogP contribution in [0.4, 0.5) is 14.5 Å². The van der Waals surface area contributed by atoms with E-state index in [9.17, 15) is 8.78 Å². The van der Waals surface area contributed by atoms with Crippen LogP contribution in [-0.4, -0.2) is 12.6 Å². The summed E-state index contributed by atoms with van der Waals surface area (Å²) in [5.74, 6) is -1.70. The molecule has 2 atom stereocenters. The third-order valence-electron chi connectivity index (χ3n) is 4.01. The van der Waals surface area contributed by atoms with E-state index in [-0.39, 0.29) is 5.38 Å². The second-order valence-electron chi connectivity index (χ2n) is 5.48. The fourth-order valence-electron chi connectivity index (χ4n) is 2.89. The Labute approximate surface area is 128 Å². The average Bonchev–Trinajstić information content (AvgIpc) is 2.78. The number of fused-ring (bicyclic) bond motifs is 1. The molecule has 4 heteroatoms. The summed E-state index contributed by atoms with van der Waals surface area (Å²) in [6.07, 6.45) is 0.984. The van der Waals surface area contributed by atoms with Crippen molar-refractivity contribution in [2.24, 2.45) is 0 Å². The molecule has 110 valence electrons. The van der Waals surface area contributed by atoms with Crippen LogP contribution in [0.15, 0.2) is 42.5 Å². The fourth-order valence-corrected chi connectivity index (χ4v) is 3.18. The van der Waals surface area contributed by atoms with E-state index in [1.54, 1.807) is 6.07 Å². The first kappa shape index (κ1) is 14.3. The Morgan fingerprint density at radius 1 is 1.19 bits per heavy atom. The maximum absolute atomic E-state index is 13.3. The molecule has 0 aliphatic carbocycles. The van der Waals surface area contributed by atoms with Crippen molar-refractivity contribution in [3.05, 3.63) is 65.2 Å². The Morgan fingerprint density at radius 2 is 1.95 bits per heavy atom. The number of anilines is 1. The van der Waals surface area contributed by atoms with Gasteiger partial charge in [-0.15, -0.1) is 11.6 Å². The molecule has 3 rings (SSSR count). The van der Waals surface area contributed by atoms with Crippen molar-refractivity contribution in [3.63, 3.8) is 0 Å². The van der Waals surface area contributed by atoms with Crippen molar-refractivity contribution >= 4 is 17.3 Å². The van der Waals surface area contributed by atoms with E-state index in [1.165, 1.54) is 17.3 Å². The van der Waals surface area contributed by atoms with E-state index in [0.29, 0.717) is 18.2 Å². The van der Waals surface area contributed by atoms with Crippen LogP contribution < -0.4 is 4.90 Å².